The highest BCUT2D eigenvalue weighted by atomic mass is 35.5. The summed E-state index contributed by atoms with van der Waals surface area (Å²) < 4.78 is 2.01. The molecule has 2 aromatic rings. The fourth-order valence-electron chi connectivity index (χ4n) is 2.32. The van der Waals surface area contributed by atoms with Crippen molar-refractivity contribution in [3.8, 4) is 0 Å². The van der Waals surface area contributed by atoms with Crippen molar-refractivity contribution in [2.75, 3.05) is 7.05 Å². The van der Waals surface area contributed by atoms with Crippen LogP contribution >= 0.6 is 23.2 Å². The van der Waals surface area contributed by atoms with Gasteiger partial charge in [0.2, 0.25) is 0 Å². The molecule has 0 spiro atoms. The summed E-state index contributed by atoms with van der Waals surface area (Å²) in [5.74, 6) is 0. The first-order valence-electron chi connectivity index (χ1n) is 7.22. The summed E-state index contributed by atoms with van der Waals surface area (Å²) in [5.41, 5.74) is 1.96. The lowest BCUT2D eigenvalue weighted by Gasteiger charge is -2.18. The SMILES string of the molecule is CCC(C)n1ccc(CC(NC)c2c(Cl)cccc2Cl)n1. The number of halogens is 2. The molecule has 1 aromatic heterocycles. The third-order valence-electron chi connectivity index (χ3n) is 3.82. The molecule has 0 saturated carbocycles. The molecular formula is C16H21Cl2N3. The molecule has 5 heteroatoms. The average molecular weight is 326 g/mol. The van der Waals surface area contributed by atoms with E-state index in [1.807, 2.05) is 36.1 Å². The molecule has 0 saturated heterocycles. The number of hydrogen-bond acceptors (Lipinski definition) is 2. The van der Waals surface area contributed by atoms with E-state index < -0.39 is 0 Å². The highest BCUT2D eigenvalue weighted by Crippen LogP contribution is 2.31. The Morgan fingerprint density at radius 2 is 1.90 bits per heavy atom. The van der Waals surface area contributed by atoms with Crippen LogP contribution in [0.2, 0.25) is 10.0 Å². The number of rotatable bonds is 6. The Kier molecular flexibility index (Phi) is 5.68. The molecule has 0 bridgehead atoms. The third kappa shape index (κ3) is 3.79. The van der Waals surface area contributed by atoms with Crippen molar-refractivity contribution in [3.05, 3.63) is 51.8 Å². The van der Waals surface area contributed by atoms with Crippen LogP contribution in [0.15, 0.2) is 30.5 Å². The summed E-state index contributed by atoms with van der Waals surface area (Å²) in [5, 5.41) is 9.29. The Morgan fingerprint density at radius 3 is 2.48 bits per heavy atom. The molecule has 114 valence electrons. The van der Waals surface area contributed by atoms with Crippen LogP contribution in [0.4, 0.5) is 0 Å². The maximum atomic E-state index is 6.30. The zero-order chi connectivity index (χ0) is 15.4. The van der Waals surface area contributed by atoms with Gasteiger partial charge in [-0.1, -0.05) is 36.2 Å². The molecule has 0 aliphatic rings. The van der Waals surface area contributed by atoms with Crippen molar-refractivity contribution < 1.29 is 0 Å². The van der Waals surface area contributed by atoms with Crippen LogP contribution in [-0.4, -0.2) is 16.8 Å². The Hall–Kier alpha value is -1.03. The van der Waals surface area contributed by atoms with Crippen LogP contribution in [-0.2, 0) is 6.42 Å². The van der Waals surface area contributed by atoms with E-state index in [4.69, 9.17) is 23.2 Å². The van der Waals surface area contributed by atoms with Crippen LogP contribution in [0.5, 0.6) is 0 Å². The van der Waals surface area contributed by atoms with Crippen molar-refractivity contribution in [3.63, 3.8) is 0 Å². The zero-order valence-corrected chi connectivity index (χ0v) is 14.1. The average Bonchev–Trinajstić information content (AvgIpc) is 2.93. The molecule has 1 aromatic carbocycles. The molecule has 2 unspecified atom stereocenters. The van der Waals surface area contributed by atoms with E-state index in [1.54, 1.807) is 0 Å². The number of nitrogens with one attached hydrogen (secondary N) is 1. The van der Waals surface area contributed by atoms with Gasteiger partial charge in [0.25, 0.3) is 0 Å². The van der Waals surface area contributed by atoms with Gasteiger partial charge in [0.15, 0.2) is 0 Å². The Bertz CT molecular complexity index is 575. The van der Waals surface area contributed by atoms with E-state index in [1.165, 1.54) is 0 Å². The number of likely N-dealkylation sites (N-methyl/N-ethyl adjacent to an activating group) is 1. The zero-order valence-electron chi connectivity index (χ0n) is 12.6. The third-order valence-corrected chi connectivity index (χ3v) is 4.48. The van der Waals surface area contributed by atoms with Gasteiger partial charge < -0.3 is 5.32 Å². The number of nitrogens with zero attached hydrogens (tertiary/aromatic N) is 2. The molecule has 2 atom stereocenters. The van der Waals surface area contributed by atoms with Crippen LogP contribution in [0.1, 0.15) is 43.6 Å². The van der Waals surface area contributed by atoms with E-state index in [0.717, 1.165) is 24.1 Å². The lowest BCUT2D eigenvalue weighted by atomic mass is 10.0. The normalized spacial score (nSPS) is 14.1. The Labute approximate surface area is 136 Å². The first kappa shape index (κ1) is 16.3. The predicted octanol–water partition coefficient (Wildman–Crippen LogP) is 4.66. The molecule has 1 heterocycles. The topological polar surface area (TPSA) is 29.9 Å². The summed E-state index contributed by atoms with van der Waals surface area (Å²) in [6.07, 6.45) is 3.85. The van der Waals surface area contributed by atoms with E-state index in [9.17, 15) is 0 Å². The maximum Gasteiger partial charge on any atom is 0.0643 e. The summed E-state index contributed by atoms with van der Waals surface area (Å²) in [7, 11) is 1.91. The van der Waals surface area contributed by atoms with Crippen LogP contribution in [0.25, 0.3) is 0 Å². The van der Waals surface area contributed by atoms with Gasteiger partial charge in [0, 0.05) is 40.3 Å². The van der Waals surface area contributed by atoms with Gasteiger partial charge >= 0.3 is 0 Å². The number of aromatic nitrogens is 2. The molecule has 0 amide bonds. The molecule has 3 nitrogen and oxygen atoms in total. The summed E-state index contributed by atoms with van der Waals surface area (Å²) in [6, 6.07) is 8.11. The van der Waals surface area contributed by atoms with E-state index in [-0.39, 0.29) is 6.04 Å². The predicted molar refractivity (Wildman–Crippen MR) is 89.2 cm³/mol. The first-order valence-corrected chi connectivity index (χ1v) is 7.97. The van der Waals surface area contributed by atoms with Crippen molar-refractivity contribution in [1.82, 2.24) is 15.1 Å². The van der Waals surface area contributed by atoms with Crippen molar-refractivity contribution in [2.45, 2.75) is 38.8 Å². The lowest BCUT2D eigenvalue weighted by Crippen LogP contribution is -2.20. The van der Waals surface area contributed by atoms with Gasteiger partial charge in [-0.05, 0) is 38.6 Å². The molecule has 0 fully saturated rings. The van der Waals surface area contributed by atoms with Gasteiger partial charge in [0.1, 0.15) is 0 Å². The smallest absolute Gasteiger partial charge is 0.0643 e. The first-order chi connectivity index (χ1) is 10.1. The fraction of sp³-hybridized carbons (Fsp3) is 0.438. The highest BCUT2D eigenvalue weighted by Gasteiger charge is 2.18. The number of benzene rings is 1. The summed E-state index contributed by atoms with van der Waals surface area (Å²) in [6.45, 7) is 4.32. The minimum Gasteiger partial charge on any atom is -0.313 e. The molecule has 21 heavy (non-hydrogen) atoms. The molecular weight excluding hydrogens is 305 g/mol. The molecule has 0 aliphatic heterocycles. The molecule has 1 N–H and O–H groups in total. The largest absolute Gasteiger partial charge is 0.313 e. The standard InChI is InChI=1S/C16H21Cl2N3/c1-4-11(2)21-9-8-12(20-21)10-15(19-3)16-13(17)6-5-7-14(16)18/h5-9,11,15,19H,4,10H2,1-3H3. The Balaban J connectivity index is 2.21. The van der Waals surface area contributed by atoms with Gasteiger partial charge in [-0.3, -0.25) is 4.68 Å². The van der Waals surface area contributed by atoms with Gasteiger partial charge in [-0.2, -0.15) is 5.10 Å². The second-order valence-corrected chi connectivity index (χ2v) is 6.04. The number of hydrogen-bond donors (Lipinski definition) is 1. The van der Waals surface area contributed by atoms with Gasteiger partial charge in [-0.15, -0.1) is 0 Å². The lowest BCUT2D eigenvalue weighted by molar-refractivity contribution is 0.469. The van der Waals surface area contributed by atoms with Crippen molar-refractivity contribution in [1.29, 1.82) is 0 Å². The second-order valence-electron chi connectivity index (χ2n) is 5.23. The van der Waals surface area contributed by atoms with Crippen LogP contribution in [0.3, 0.4) is 0 Å². The minimum atomic E-state index is 0.0477. The second kappa shape index (κ2) is 7.30. The fourth-order valence-corrected chi connectivity index (χ4v) is 2.98. The molecule has 0 radical (unpaired) electrons. The van der Waals surface area contributed by atoms with E-state index in [2.05, 4.69) is 30.3 Å². The van der Waals surface area contributed by atoms with Crippen LogP contribution in [0, 0.1) is 0 Å². The highest BCUT2D eigenvalue weighted by molar-refractivity contribution is 6.36. The quantitative estimate of drug-likeness (QED) is 0.836. The van der Waals surface area contributed by atoms with Crippen molar-refractivity contribution in [2.24, 2.45) is 0 Å². The van der Waals surface area contributed by atoms with Gasteiger partial charge in [0.05, 0.1) is 5.69 Å². The van der Waals surface area contributed by atoms with E-state index in [0.29, 0.717) is 16.1 Å². The molecule has 0 aliphatic carbocycles. The van der Waals surface area contributed by atoms with E-state index >= 15 is 0 Å². The minimum absolute atomic E-state index is 0.0477. The molecule has 2 rings (SSSR count). The van der Waals surface area contributed by atoms with Crippen molar-refractivity contribution >= 4 is 23.2 Å². The van der Waals surface area contributed by atoms with Gasteiger partial charge in [-0.25, -0.2) is 0 Å². The monoisotopic (exact) mass is 325 g/mol. The summed E-state index contributed by atoms with van der Waals surface area (Å²) in [4.78, 5) is 0. The summed E-state index contributed by atoms with van der Waals surface area (Å²) >= 11 is 12.6. The maximum absolute atomic E-state index is 6.30. The van der Waals surface area contributed by atoms with Crippen LogP contribution < -0.4 is 5.32 Å². The Morgan fingerprint density at radius 1 is 1.24 bits per heavy atom.